The number of rotatable bonds is 9. The fraction of sp³-hybridized carbons (Fsp3) is 0.462. The van der Waals surface area contributed by atoms with Gasteiger partial charge in [-0.05, 0) is 19.8 Å². The van der Waals surface area contributed by atoms with Crippen molar-refractivity contribution < 1.29 is 4.79 Å². The lowest BCUT2D eigenvalue weighted by Gasteiger charge is -2.07. The van der Waals surface area contributed by atoms with Crippen molar-refractivity contribution in [3.05, 3.63) is 35.9 Å². The first kappa shape index (κ1) is 15.7. The molecule has 0 amide bonds. The standard InChI is InChI=1S/C13H19BNOS2/c1-15(2)9-11-18-17-10-8-14-13(16)12-6-4-3-5-7-12/h3-7H,8-11H2,1-2H3. The van der Waals surface area contributed by atoms with Crippen LogP contribution in [0, 0.1) is 0 Å². The molecule has 0 fully saturated rings. The smallest absolute Gasteiger partial charge is 0.210 e. The average Bonchev–Trinajstić information content (AvgIpc) is 2.38. The molecule has 0 aromatic heterocycles. The molecule has 5 heteroatoms. The molecule has 0 saturated carbocycles. The topological polar surface area (TPSA) is 20.3 Å². The van der Waals surface area contributed by atoms with Gasteiger partial charge in [0.15, 0.2) is 0 Å². The summed E-state index contributed by atoms with van der Waals surface area (Å²) in [6, 6.07) is 9.43. The van der Waals surface area contributed by atoms with Gasteiger partial charge in [-0.2, -0.15) is 0 Å². The van der Waals surface area contributed by atoms with Crippen LogP contribution in [0.25, 0.3) is 0 Å². The number of hydrogen-bond acceptors (Lipinski definition) is 4. The third kappa shape index (κ3) is 7.14. The maximum absolute atomic E-state index is 11.7. The van der Waals surface area contributed by atoms with Crippen LogP contribution in [0.5, 0.6) is 0 Å². The summed E-state index contributed by atoms with van der Waals surface area (Å²) in [5.74, 6) is 2.13. The Kier molecular flexibility index (Phi) is 8.30. The molecular weight excluding hydrogens is 261 g/mol. The molecule has 1 aromatic rings. The molecule has 1 radical (unpaired) electrons. The van der Waals surface area contributed by atoms with Crippen LogP contribution in [0.4, 0.5) is 0 Å². The first-order valence-electron chi connectivity index (χ1n) is 6.02. The second-order valence-corrected chi connectivity index (χ2v) is 6.87. The molecule has 97 valence electrons. The highest BCUT2D eigenvalue weighted by molar-refractivity contribution is 8.76. The van der Waals surface area contributed by atoms with Gasteiger partial charge in [0, 0.05) is 17.9 Å². The monoisotopic (exact) mass is 280 g/mol. The number of hydrogen-bond donors (Lipinski definition) is 0. The summed E-state index contributed by atoms with van der Waals surface area (Å²) in [5.41, 5.74) is 0.914. The van der Waals surface area contributed by atoms with Gasteiger partial charge in [0.05, 0.1) is 0 Å². The zero-order valence-corrected chi connectivity index (χ0v) is 12.6. The highest BCUT2D eigenvalue weighted by Gasteiger charge is 2.06. The normalized spacial score (nSPS) is 10.6. The SMILES string of the molecule is CN(C)CCSSCC[B]C(=O)c1ccccc1. The number of carbonyl (C=O) groups excluding carboxylic acids is 1. The van der Waals surface area contributed by atoms with Gasteiger partial charge in [-0.3, -0.25) is 0 Å². The van der Waals surface area contributed by atoms with Gasteiger partial charge in [0.25, 0.3) is 0 Å². The Morgan fingerprint density at radius 1 is 1.17 bits per heavy atom. The van der Waals surface area contributed by atoms with Crippen LogP contribution < -0.4 is 0 Å². The maximum atomic E-state index is 11.7. The van der Waals surface area contributed by atoms with Crippen molar-refractivity contribution in [2.24, 2.45) is 0 Å². The molecule has 0 aliphatic rings. The molecule has 1 aromatic carbocycles. The zero-order chi connectivity index (χ0) is 13.2. The molecule has 0 bridgehead atoms. The van der Waals surface area contributed by atoms with Gasteiger partial charge in [-0.25, -0.2) is 0 Å². The number of benzene rings is 1. The quantitative estimate of drug-likeness (QED) is 0.393. The molecule has 0 aliphatic carbocycles. The van der Waals surface area contributed by atoms with Crippen molar-refractivity contribution in [3.8, 4) is 0 Å². The van der Waals surface area contributed by atoms with Crippen molar-refractivity contribution in [1.82, 2.24) is 4.90 Å². The van der Waals surface area contributed by atoms with Crippen LogP contribution in [-0.4, -0.2) is 50.0 Å². The average molecular weight is 280 g/mol. The van der Waals surface area contributed by atoms with Gasteiger partial charge in [-0.1, -0.05) is 58.2 Å². The van der Waals surface area contributed by atoms with Crippen LogP contribution in [0.15, 0.2) is 30.3 Å². The fourth-order valence-corrected chi connectivity index (χ4v) is 3.40. The van der Waals surface area contributed by atoms with Gasteiger partial charge < -0.3 is 9.69 Å². The lowest BCUT2D eigenvalue weighted by Crippen LogP contribution is -2.14. The fourth-order valence-electron chi connectivity index (χ4n) is 1.30. The minimum atomic E-state index is 0.134. The third-order valence-corrected chi connectivity index (χ3v) is 4.71. The van der Waals surface area contributed by atoms with E-state index in [9.17, 15) is 4.79 Å². The summed E-state index contributed by atoms with van der Waals surface area (Å²) in [4.78, 5) is 13.9. The predicted molar refractivity (Wildman–Crippen MR) is 84.8 cm³/mol. The second kappa shape index (κ2) is 9.53. The summed E-state index contributed by atoms with van der Waals surface area (Å²) in [7, 11) is 9.66. The molecule has 0 spiro atoms. The van der Waals surface area contributed by atoms with E-state index >= 15 is 0 Å². The minimum absolute atomic E-state index is 0.134. The van der Waals surface area contributed by atoms with Crippen molar-refractivity contribution in [2.45, 2.75) is 6.32 Å². The molecule has 0 aliphatic heterocycles. The highest BCUT2D eigenvalue weighted by Crippen LogP contribution is 2.21. The van der Waals surface area contributed by atoms with Crippen molar-refractivity contribution in [3.63, 3.8) is 0 Å². The van der Waals surface area contributed by atoms with E-state index in [-0.39, 0.29) is 5.68 Å². The van der Waals surface area contributed by atoms with Crippen molar-refractivity contribution in [1.29, 1.82) is 0 Å². The van der Waals surface area contributed by atoms with E-state index in [4.69, 9.17) is 0 Å². The summed E-state index contributed by atoms with van der Waals surface area (Å²) < 4.78 is 0. The van der Waals surface area contributed by atoms with Gasteiger partial charge in [0.1, 0.15) is 5.68 Å². The predicted octanol–water partition coefficient (Wildman–Crippen LogP) is 2.89. The zero-order valence-electron chi connectivity index (χ0n) is 11.0. The van der Waals surface area contributed by atoms with Crippen LogP contribution in [0.3, 0.4) is 0 Å². The van der Waals surface area contributed by atoms with E-state index in [0.29, 0.717) is 0 Å². The number of nitrogens with zero attached hydrogens (tertiary/aromatic N) is 1. The van der Waals surface area contributed by atoms with Crippen LogP contribution in [0.1, 0.15) is 10.4 Å². The lowest BCUT2D eigenvalue weighted by molar-refractivity contribution is 0.107. The van der Waals surface area contributed by atoms with E-state index in [2.05, 4.69) is 19.0 Å². The Balaban J connectivity index is 2.03. The summed E-state index contributed by atoms with van der Waals surface area (Å²) >= 11 is 0. The summed E-state index contributed by atoms with van der Waals surface area (Å²) in [6.45, 7) is 1.10. The Morgan fingerprint density at radius 2 is 1.83 bits per heavy atom. The Bertz CT molecular complexity index is 346. The first-order valence-corrected chi connectivity index (χ1v) is 8.50. The maximum Gasteiger partial charge on any atom is 0.210 e. The second-order valence-electron chi connectivity index (χ2n) is 4.17. The third-order valence-electron chi connectivity index (χ3n) is 2.29. The molecule has 0 atom stereocenters. The van der Waals surface area contributed by atoms with Gasteiger partial charge >= 0.3 is 0 Å². The van der Waals surface area contributed by atoms with E-state index < -0.39 is 0 Å². The first-order chi connectivity index (χ1) is 8.70. The molecule has 0 unspecified atom stereocenters. The van der Waals surface area contributed by atoms with E-state index in [1.807, 2.05) is 51.9 Å². The minimum Gasteiger partial charge on any atom is -0.309 e. The van der Waals surface area contributed by atoms with E-state index in [1.54, 1.807) is 7.28 Å². The molecular formula is C13H19BNOS2. The largest absolute Gasteiger partial charge is 0.309 e. The lowest BCUT2D eigenvalue weighted by atomic mass is 9.68. The van der Waals surface area contributed by atoms with Gasteiger partial charge in [-0.15, -0.1) is 0 Å². The van der Waals surface area contributed by atoms with Crippen molar-refractivity contribution in [2.75, 3.05) is 32.1 Å². The Hall–Kier alpha value is -0.385. The van der Waals surface area contributed by atoms with Gasteiger partial charge in [0.2, 0.25) is 7.28 Å². The van der Waals surface area contributed by atoms with Crippen LogP contribution in [0.2, 0.25) is 6.32 Å². The molecule has 2 nitrogen and oxygen atoms in total. The van der Waals surface area contributed by atoms with E-state index in [0.717, 1.165) is 29.9 Å². The van der Waals surface area contributed by atoms with Crippen molar-refractivity contribution >= 4 is 34.5 Å². The molecule has 0 saturated heterocycles. The van der Waals surface area contributed by atoms with Crippen LogP contribution >= 0.6 is 21.6 Å². The Morgan fingerprint density at radius 3 is 2.50 bits per heavy atom. The molecule has 1 rings (SSSR count). The summed E-state index contributed by atoms with van der Waals surface area (Å²) in [5, 5.41) is 0. The Labute approximate surface area is 119 Å². The highest BCUT2D eigenvalue weighted by atomic mass is 33.1. The van der Waals surface area contributed by atoms with E-state index in [1.165, 1.54) is 0 Å². The molecule has 0 N–H and O–H groups in total. The summed E-state index contributed by atoms with van der Waals surface area (Å²) in [6.07, 6.45) is 0.841. The molecule has 0 heterocycles. The molecule has 18 heavy (non-hydrogen) atoms. The van der Waals surface area contributed by atoms with Crippen LogP contribution in [-0.2, 0) is 0 Å². The number of carbonyl (C=O) groups is 1.